The molecule has 24 heteroatoms. The predicted molar refractivity (Wildman–Crippen MR) is 45.5 cm³/mol. The number of hydrogen-bond acceptors (Lipinski definition) is 12. The molecule has 0 aliphatic carbocycles. The summed E-state index contributed by atoms with van der Waals surface area (Å²) < 4.78 is 0. The van der Waals surface area contributed by atoms with Gasteiger partial charge in [-0.05, 0) is 0 Å². The third-order valence-corrected chi connectivity index (χ3v) is 0. The van der Waals surface area contributed by atoms with Crippen molar-refractivity contribution in [3.8, 4) is 0 Å². The van der Waals surface area contributed by atoms with Crippen LogP contribution in [0.2, 0.25) is 0 Å². The Bertz CT molecular complexity index is 131. The summed E-state index contributed by atoms with van der Waals surface area (Å²) in [5.41, 5.74) is 0. The second kappa shape index (κ2) is 228. The number of rotatable bonds is 0. The Morgan fingerprint density at radius 1 is 0.333 bits per heavy atom. The molecule has 0 heterocycles. The Labute approximate surface area is 252 Å². The van der Waals surface area contributed by atoms with E-state index in [1.54, 1.807) is 0 Å². The van der Waals surface area contributed by atoms with Gasteiger partial charge >= 0.3 is 165 Å². The molecule has 0 saturated carbocycles. The summed E-state index contributed by atoms with van der Waals surface area (Å²) in [5.74, 6) is 0. The fourth-order valence-electron chi connectivity index (χ4n) is 0. The molecule has 0 radical (unpaired) electrons. The van der Waals surface area contributed by atoms with Crippen molar-refractivity contribution in [2.75, 3.05) is 0 Å². The van der Waals surface area contributed by atoms with E-state index in [1.165, 1.54) is 32.0 Å². The summed E-state index contributed by atoms with van der Waals surface area (Å²) in [7, 11) is 0. The van der Waals surface area contributed by atoms with Crippen LogP contribution in [0.3, 0.4) is 0 Å². The van der Waals surface area contributed by atoms with Crippen molar-refractivity contribution >= 4 is 0 Å². The van der Waals surface area contributed by atoms with E-state index >= 15 is 0 Å². The zero-order valence-corrected chi connectivity index (χ0v) is 24.2. The Morgan fingerprint density at radius 3 is 0.333 bits per heavy atom. The van der Waals surface area contributed by atoms with Gasteiger partial charge in [0.05, 0.1) is 0 Å². The fraction of sp³-hybridized carbons (Fsp3) is 0. The van der Waals surface area contributed by atoms with Crippen LogP contribution in [0.25, 0.3) is 0 Å². The molecule has 114 valence electrons. The van der Waals surface area contributed by atoms with Gasteiger partial charge in [0.15, 0.2) is 32.0 Å². The molecule has 0 aliphatic heterocycles. The maximum atomic E-state index is 8.11. The average Bonchev–Trinajstić information content (AvgIpc) is 2.23. The van der Waals surface area contributed by atoms with Gasteiger partial charge < -0.3 is 31.2 Å². The molecule has 0 amide bonds. The van der Waals surface area contributed by atoms with Gasteiger partial charge in [-0.15, -0.1) is 29.4 Å². The molecular weight excluding hydrogens is 450 g/mol. The molecule has 0 saturated heterocycles. The second-order valence-electron chi connectivity index (χ2n) is 0.490. The number of hydrogen-bond donors (Lipinski definition) is 6. The zero-order chi connectivity index (χ0) is 16.2. The summed E-state index contributed by atoms with van der Waals surface area (Å²) in [5, 5.41) is 47.3. The topological polar surface area (TPSA) is 298 Å². The zero-order valence-electron chi connectivity index (χ0n) is 13.1. The Hall–Kier alpha value is 1.91. The molecule has 0 aromatic heterocycles. The van der Waals surface area contributed by atoms with Gasteiger partial charge in [-0.2, -0.15) is 0 Å². The van der Waals surface area contributed by atoms with Gasteiger partial charge in [-0.1, -0.05) is 0 Å². The number of nitrogens with zero attached hydrogens (tertiary/aromatic N) is 6. The van der Waals surface area contributed by atoms with Crippen LogP contribution in [0.1, 0.15) is 0 Å². The Morgan fingerprint density at radius 2 is 0.333 bits per heavy atom. The minimum Gasteiger partial charge on any atom is -0.379 e. The van der Waals surface area contributed by atoms with E-state index in [9.17, 15) is 0 Å². The van der Waals surface area contributed by atoms with Crippen LogP contribution < -0.4 is 148 Å². The molecule has 0 unspecified atom stereocenters. The molecule has 0 aliphatic rings. The summed E-state index contributed by atoms with van der Waals surface area (Å²) >= 11 is 0. The Kier molecular flexibility index (Phi) is 788. The van der Waals surface area contributed by atoms with Crippen molar-refractivity contribution in [1.82, 2.24) is 0 Å². The second-order valence-corrected chi connectivity index (χ2v) is 0.490. The summed E-state index contributed by atoms with van der Waals surface area (Å²) in [6.07, 6.45) is 0. The third kappa shape index (κ3) is 3450. The van der Waals surface area contributed by atoms with E-state index in [4.69, 9.17) is 60.7 Å². The molecule has 6 N–H and O–H groups in total. The van der Waals surface area contributed by atoms with Crippen molar-refractivity contribution in [1.29, 1.82) is 0 Å². The molecule has 0 fully saturated rings. The first-order valence-corrected chi connectivity index (χ1v) is 2.30. The maximum Gasteiger partial charge on any atom is 3.00 e. The van der Waals surface area contributed by atoms with Gasteiger partial charge in [-0.3, -0.25) is 0 Å². The van der Waals surface area contributed by atoms with Crippen molar-refractivity contribution in [3.63, 3.8) is 0 Å². The average molecular weight is 456 g/mol. The van der Waals surface area contributed by atoms with Gasteiger partial charge in [0.25, 0.3) is 0 Å². The Balaban J connectivity index is -0.00000000686. The summed E-state index contributed by atoms with van der Waals surface area (Å²) in [6.45, 7) is 0. The van der Waals surface area contributed by atoms with Gasteiger partial charge in [0.1, 0.15) is 0 Å². The van der Waals surface area contributed by atoms with Crippen LogP contribution in [0, 0.1) is 29.4 Å². The first-order chi connectivity index (χ1) is 8.49. The van der Waals surface area contributed by atoms with Crippen LogP contribution >= 0.6 is 0 Å². The third-order valence-electron chi connectivity index (χ3n) is 0. The maximum absolute atomic E-state index is 8.11. The minimum absolute atomic E-state index is 0. The molecule has 24 heavy (non-hydrogen) atoms. The first kappa shape index (κ1) is 83.1. The summed E-state index contributed by atoms with van der Waals surface area (Å²) in [6, 6.07) is 0. The van der Waals surface area contributed by atoms with Crippen molar-refractivity contribution < 1.29 is 196 Å². The molecule has 0 rings (SSSR count). The van der Waals surface area contributed by atoms with Crippen LogP contribution in [0.5, 0.6) is 0 Å². The van der Waals surface area contributed by atoms with Gasteiger partial charge in [-0.25, -0.2) is 0 Å². The van der Waals surface area contributed by atoms with Crippen molar-refractivity contribution in [3.05, 3.63) is 29.4 Å². The van der Waals surface area contributed by atoms with Crippen LogP contribution in [-0.4, -0.2) is 31.2 Å². The standard InChI is InChI=1S/Co.6HNO2.5Na/c;6*2-1-3;;;;;/h;6*(H,2,3);;;;;/q+3;;;;;;;5*+1. The van der Waals surface area contributed by atoms with Crippen LogP contribution in [0.15, 0.2) is 32.0 Å². The smallest absolute Gasteiger partial charge is 0.379 e. The van der Waals surface area contributed by atoms with Gasteiger partial charge in [0, 0.05) is 0 Å². The molecule has 0 aromatic carbocycles. The molecule has 0 spiro atoms. The van der Waals surface area contributed by atoms with E-state index in [0.717, 1.165) is 0 Å². The van der Waals surface area contributed by atoms with E-state index in [0.29, 0.717) is 0 Å². The molecule has 0 bridgehead atoms. The minimum atomic E-state index is 0. The van der Waals surface area contributed by atoms with E-state index in [1.807, 2.05) is 0 Å². The normalized spacial score (nSPS) is 3.00. The van der Waals surface area contributed by atoms with Gasteiger partial charge in [0.2, 0.25) is 0 Å². The fourth-order valence-corrected chi connectivity index (χ4v) is 0. The van der Waals surface area contributed by atoms with E-state index in [-0.39, 0.29) is 165 Å². The quantitative estimate of drug-likeness (QED) is 0.112. The molecular formula is H6CoN6Na5O12+8. The molecule has 0 aromatic rings. The largest absolute Gasteiger partial charge is 3.00 e. The first-order valence-electron chi connectivity index (χ1n) is 2.30. The van der Waals surface area contributed by atoms with E-state index < -0.39 is 0 Å². The van der Waals surface area contributed by atoms with E-state index in [2.05, 4.69) is 0 Å². The van der Waals surface area contributed by atoms with Crippen molar-refractivity contribution in [2.24, 2.45) is 32.0 Å². The SMILES string of the molecule is O=NO.O=NO.O=NO.O=NO.O=NO.O=NO.[Co+3].[Na+].[Na+].[Na+].[Na+].[Na+]. The molecule has 18 nitrogen and oxygen atoms in total. The van der Waals surface area contributed by atoms with Crippen LogP contribution in [-0.2, 0) is 16.8 Å². The van der Waals surface area contributed by atoms with Crippen molar-refractivity contribution in [2.45, 2.75) is 0 Å². The monoisotopic (exact) mass is 456 g/mol. The summed E-state index contributed by atoms with van der Waals surface area (Å²) in [4.78, 5) is 48.7. The van der Waals surface area contributed by atoms with Crippen LogP contribution in [0.4, 0.5) is 0 Å². The predicted octanol–water partition coefficient (Wildman–Crippen LogP) is -14.1. The molecule has 0 atom stereocenters.